The van der Waals surface area contributed by atoms with Crippen molar-refractivity contribution in [1.82, 2.24) is 9.97 Å². The summed E-state index contributed by atoms with van der Waals surface area (Å²) in [6, 6.07) is 0. The molecule has 0 amide bonds. The fourth-order valence-electron chi connectivity index (χ4n) is 0.763. The van der Waals surface area contributed by atoms with Crippen molar-refractivity contribution in [3.8, 4) is 0 Å². The Balaban J connectivity index is 2.07. The summed E-state index contributed by atoms with van der Waals surface area (Å²) in [6.45, 7) is 1.27. The van der Waals surface area contributed by atoms with Crippen LogP contribution in [0.2, 0.25) is 0 Å². The molecule has 1 rings (SSSR count). The van der Waals surface area contributed by atoms with E-state index < -0.39 is 0 Å². The maximum atomic E-state index is 7.97. The molecule has 0 fully saturated rings. The molecule has 1 aromatic heterocycles. The first-order valence-corrected chi connectivity index (χ1v) is 3.67. The number of azide groups is 1. The summed E-state index contributed by atoms with van der Waals surface area (Å²) in [5.74, 6) is 0.746. The van der Waals surface area contributed by atoms with Gasteiger partial charge in [0.2, 0.25) is 0 Å². The van der Waals surface area contributed by atoms with Crippen molar-refractivity contribution in [2.45, 2.75) is 6.42 Å². The number of H-pyrrole nitrogens is 1. The number of aromatic nitrogens is 2. The molecule has 6 nitrogen and oxygen atoms in total. The lowest BCUT2D eigenvalue weighted by Gasteiger charge is -1.98. The predicted molar refractivity (Wildman–Crippen MR) is 45.7 cm³/mol. The third kappa shape index (κ3) is 2.94. The molecule has 0 unspecified atom stereocenters. The summed E-state index contributed by atoms with van der Waals surface area (Å²) in [6.07, 6.45) is 4.23. The van der Waals surface area contributed by atoms with Crippen molar-refractivity contribution in [1.29, 1.82) is 0 Å². The molecule has 1 aromatic rings. The Labute approximate surface area is 69.6 Å². The van der Waals surface area contributed by atoms with Crippen molar-refractivity contribution in [2.24, 2.45) is 5.11 Å². The first kappa shape index (κ1) is 8.42. The summed E-state index contributed by atoms with van der Waals surface area (Å²) in [5, 5.41) is 6.43. The number of imidazole rings is 1. The van der Waals surface area contributed by atoms with E-state index in [0.29, 0.717) is 6.54 Å². The Morgan fingerprint density at radius 2 is 2.67 bits per heavy atom. The van der Waals surface area contributed by atoms with E-state index in [9.17, 15) is 0 Å². The highest BCUT2D eigenvalue weighted by Crippen LogP contribution is 1.94. The van der Waals surface area contributed by atoms with Crippen LogP contribution in [0.15, 0.2) is 17.5 Å². The van der Waals surface area contributed by atoms with Crippen LogP contribution in [0.3, 0.4) is 0 Å². The molecule has 0 spiro atoms. The van der Waals surface area contributed by atoms with E-state index in [1.54, 1.807) is 12.4 Å². The van der Waals surface area contributed by atoms with Gasteiger partial charge in [0.15, 0.2) is 5.95 Å². The fraction of sp³-hybridized carbons (Fsp3) is 0.500. The summed E-state index contributed by atoms with van der Waals surface area (Å²) in [4.78, 5) is 9.51. The van der Waals surface area contributed by atoms with Crippen LogP contribution in [0.25, 0.3) is 10.4 Å². The average Bonchev–Trinajstić information content (AvgIpc) is 2.57. The highest BCUT2D eigenvalue weighted by atomic mass is 15.1. The lowest BCUT2D eigenvalue weighted by atomic mass is 10.4. The van der Waals surface area contributed by atoms with E-state index in [4.69, 9.17) is 5.53 Å². The van der Waals surface area contributed by atoms with E-state index in [0.717, 1.165) is 18.9 Å². The lowest BCUT2D eigenvalue weighted by molar-refractivity contribution is 0.860. The minimum absolute atomic E-state index is 0.518. The minimum atomic E-state index is 0.518. The molecular formula is C6H10N6. The van der Waals surface area contributed by atoms with Gasteiger partial charge in [-0.1, -0.05) is 5.11 Å². The monoisotopic (exact) mass is 166 g/mol. The second-order valence-electron chi connectivity index (χ2n) is 2.17. The molecule has 0 saturated carbocycles. The zero-order chi connectivity index (χ0) is 8.65. The fourth-order valence-corrected chi connectivity index (χ4v) is 0.763. The van der Waals surface area contributed by atoms with Crippen molar-refractivity contribution in [2.75, 3.05) is 18.4 Å². The number of hydrogen-bond acceptors (Lipinski definition) is 3. The van der Waals surface area contributed by atoms with Crippen LogP contribution < -0.4 is 5.32 Å². The molecule has 0 aliphatic carbocycles. The van der Waals surface area contributed by atoms with Gasteiger partial charge in [-0.25, -0.2) is 4.98 Å². The van der Waals surface area contributed by atoms with Crippen molar-refractivity contribution < 1.29 is 0 Å². The third-order valence-corrected chi connectivity index (χ3v) is 1.29. The van der Waals surface area contributed by atoms with Crippen LogP contribution in [0, 0.1) is 0 Å². The van der Waals surface area contributed by atoms with Gasteiger partial charge < -0.3 is 10.3 Å². The second kappa shape index (κ2) is 5.03. The number of nitrogens with one attached hydrogen (secondary N) is 2. The van der Waals surface area contributed by atoms with Crippen LogP contribution in [0.4, 0.5) is 5.95 Å². The molecule has 2 N–H and O–H groups in total. The molecule has 0 aliphatic heterocycles. The van der Waals surface area contributed by atoms with Gasteiger partial charge in [-0.15, -0.1) is 0 Å². The zero-order valence-electron chi connectivity index (χ0n) is 6.56. The predicted octanol–water partition coefficient (Wildman–Crippen LogP) is 1.52. The smallest absolute Gasteiger partial charge is 0.200 e. The van der Waals surface area contributed by atoms with Crippen LogP contribution >= 0.6 is 0 Å². The second-order valence-corrected chi connectivity index (χ2v) is 2.17. The molecule has 0 atom stereocenters. The summed E-state index contributed by atoms with van der Waals surface area (Å²) < 4.78 is 0. The highest BCUT2D eigenvalue weighted by Gasteiger charge is 1.90. The molecular weight excluding hydrogens is 156 g/mol. The van der Waals surface area contributed by atoms with E-state index in [1.807, 2.05) is 0 Å². The first-order chi connectivity index (χ1) is 5.93. The average molecular weight is 166 g/mol. The normalized spacial score (nSPS) is 9.00. The van der Waals surface area contributed by atoms with Gasteiger partial charge >= 0.3 is 0 Å². The zero-order valence-corrected chi connectivity index (χ0v) is 6.56. The maximum Gasteiger partial charge on any atom is 0.200 e. The standard InChI is InChI=1S/C6H10N6/c7-12-11-3-1-2-8-6-9-4-5-10-6/h4-5H,1-3H2,(H2,8,9,10). The third-order valence-electron chi connectivity index (χ3n) is 1.29. The number of hydrogen-bond donors (Lipinski definition) is 2. The van der Waals surface area contributed by atoms with E-state index in [2.05, 4.69) is 25.3 Å². The molecule has 1 heterocycles. The Hall–Kier alpha value is -1.68. The summed E-state index contributed by atoms with van der Waals surface area (Å²) in [7, 11) is 0. The quantitative estimate of drug-likeness (QED) is 0.300. The maximum absolute atomic E-state index is 7.97. The van der Waals surface area contributed by atoms with E-state index in [-0.39, 0.29) is 0 Å². The van der Waals surface area contributed by atoms with Gasteiger partial charge in [0.25, 0.3) is 0 Å². The Kier molecular flexibility index (Phi) is 3.53. The van der Waals surface area contributed by atoms with Gasteiger partial charge in [-0.05, 0) is 12.0 Å². The Morgan fingerprint density at radius 1 is 1.75 bits per heavy atom. The molecule has 0 aliphatic rings. The molecule has 12 heavy (non-hydrogen) atoms. The molecule has 0 aromatic carbocycles. The Bertz CT molecular complexity index is 247. The molecule has 0 saturated heterocycles. The van der Waals surface area contributed by atoms with E-state index in [1.165, 1.54) is 0 Å². The molecule has 64 valence electrons. The summed E-state index contributed by atoms with van der Waals surface area (Å²) in [5.41, 5.74) is 7.97. The number of anilines is 1. The highest BCUT2D eigenvalue weighted by molar-refractivity contribution is 5.22. The summed E-state index contributed by atoms with van der Waals surface area (Å²) >= 11 is 0. The van der Waals surface area contributed by atoms with Gasteiger partial charge in [-0.3, -0.25) is 0 Å². The number of rotatable bonds is 5. The minimum Gasteiger partial charge on any atom is -0.356 e. The van der Waals surface area contributed by atoms with Crippen LogP contribution in [-0.2, 0) is 0 Å². The van der Waals surface area contributed by atoms with Crippen molar-refractivity contribution in [3.05, 3.63) is 22.8 Å². The first-order valence-electron chi connectivity index (χ1n) is 3.67. The topological polar surface area (TPSA) is 89.5 Å². The van der Waals surface area contributed by atoms with Gasteiger partial charge in [0.05, 0.1) is 0 Å². The molecule has 6 heteroatoms. The number of nitrogens with zero attached hydrogens (tertiary/aromatic N) is 4. The van der Waals surface area contributed by atoms with Crippen LogP contribution in [0.1, 0.15) is 6.42 Å². The van der Waals surface area contributed by atoms with Gasteiger partial charge in [0.1, 0.15) is 0 Å². The largest absolute Gasteiger partial charge is 0.356 e. The lowest BCUT2D eigenvalue weighted by Crippen LogP contribution is -2.03. The van der Waals surface area contributed by atoms with E-state index >= 15 is 0 Å². The number of aromatic amines is 1. The van der Waals surface area contributed by atoms with Crippen LogP contribution in [-0.4, -0.2) is 23.1 Å². The van der Waals surface area contributed by atoms with Gasteiger partial charge in [0, 0.05) is 30.4 Å². The van der Waals surface area contributed by atoms with Crippen molar-refractivity contribution >= 4 is 5.95 Å². The SMILES string of the molecule is [N-]=[N+]=NCCCNc1ncc[nH]1. The van der Waals surface area contributed by atoms with Gasteiger partial charge in [-0.2, -0.15) is 0 Å². The van der Waals surface area contributed by atoms with Crippen molar-refractivity contribution in [3.63, 3.8) is 0 Å². The van der Waals surface area contributed by atoms with Crippen LogP contribution in [0.5, 0.6) is 0 Å². The molecule has 0 bridgehead atoms. The molecule has 0 radical (unpaired) electrons. The Morgan fingerprint density at radius 3 is 3.33 bits per heavy atom.